The van der Waals surface area contributed by atoms with E-state index in [0.29, 0.717) is 0 Å². The second kappa shape index (κ2) is 4.66. The maximum absolute atomic E-state index is 2.16. The predicted octanol–water partition coefficient (Wildman–Crippen LogP) is 3.97. The van der Waals surface area contributed by atoms with Gasteiger partial charge in [0.05, 0.1) is 0 Å². The molecule has 0 saturated carbocycles. The highest BCUT2D eigenvalue weighted by Gasteiger charge is 1.94. The number of allylic oxidation sites excluding steroid dienone is 4. The average Bonchev–Trinajstić information content (AvgIpc) is 2.16. The summed E-state index contributed by atoms with van der Waals surface area (Å²) in [6.07, 6.45) is 6.32. The Morgan fingerprint density at radius 1 is 1.08 bits per heavy atom. The molecule has 0 radical (unpaired) electrons. The molecule has 0 fully saturated rings. The number of hydrogen-bond acceptors (Lipinski definition) is 0. The molecule has 0 bridgehead atoms. The van der Waals surface area contributed by atoms with Crippen LogP contribution in [-0.2, 0) is 0 Å². The van der Waals surface area contributed by atoms with E-state index in [9.17, 15) is 0 Å². The van der Waals surface area contributed by atoms with E-state index in [4.69, 9.17) is 0 Å². The molecule has 0 aliphatic rings. The fraction of sp³-hybridized carbons (Fsp3) is 0.231. The predicted molar refractivity (Wildman–Crippen MR) is 59.6 cm³/mol. The van der Waals surface area contributed by atoms with Gasteiger partial charge in [0.2, 0.25) is 0 Å². The van der Waals surface area contributed by atoms with Crippen LogP contribution in [0.2, 0.25) is 0 Å². The number of rotatable bonds is 2. The summed E-state index contributed by atoms with van der Waals surface area (Å²) in [5.74, 6) is 0. The van der Waals surface area contributed by atoms with Gasteiger partial charge in [0.1, 0.15) is 0 Å². The molecule has 68 valence electrons. The van der Waals surface area contributed by atoms with E-state index >= 15 is 0 Å². The van der Waals surface area contributed by atoms with E-state index in [1.165, 1.54) is 16.7 Å². The Morgan fingerprint density at radius 2 is 1.69 bits per heavy atom. The van der Waals surface area contributed by atoms with E-state index in [-0.39, 0.29) is 0 Å². The van der Waals surface area contributed by atoms with E-state index in [2.05, 4.69) is 56.3 Å². The Kier molecular flexibility index (Phi) is 3.51. The first-order valence-corrected chi connectivity index (χ1v) is 4.64. The monoisotopic (exact) mass is 172 g/mol. The van der Waals surface area contributed by atoms with Gasteiger partial charge in [0, 0.05) is 0 Å². The first kappa shape index (κ1) is 9.79. The first-order valence-electron chi connectivity index (χ1n) is 4.64. The highest BCUT2D eigenvalue weighted by atomic mass is 14.0. The molecule has 1 aromatic rings. The third-order valence-corrected chi connectivity index (χ3v) is 2.04. The second-order valence-corrected chi connectivity index (χ2v) is 3.11. The van der Waals surface area contributed by atoms with Crippen molar-refractivity contribution in [3.05, 3.63) is 53.6 Å². The van der Waals surface area contributed by atoms with Gasteiger partial charge in [-0.05, 0) is 31.9 Å². The minimum absolute atomic E-state index is 1.28. The molecular formula is C13H16. The normalized spacial score (nSPS) is 12.4. The summed E-state index contributed by atoms with van der Waals surface area (Å²) < 4.78 is 0. The summed E-state index contributed by atoms with van der Waals surface area (Å²) in [4.78, 5) is 0. The zero-order chi connectivity index (χ0) is 9.68. The SMILES string of the molecule is CC=CC(=CC)c1ccc(C)cc1. The Labute approximate surface area is 80.6 Å². The van der Waals surface area contributed by atoms with E-state index in [0.717, 1.165) is 0 Å². The molecule has 0 unspecified atom stereocenters. The lowest BCUT2D eigenvalue weighted by Gasteiger charge is -2.01. The molecule has 0 aliphatic heterocycles. The van der Waals surface area contributed by atoms with Crippen LogP contribution in [-0.4, -0.2) is 0 Å². The van der Waals surface area contributed by atoms with Crippen molar-refractivity contribution in [1.29, 1.82) is 0 Å². The zero-order valence-corrected chi connectivity index (χ0v) is 8.54. The summed E-state index contributed by atoms with van der Waals surface area (Å²) in [6.45, 7) is 6.21. The minimum Gasteiger partial charge on any atom is -0.0871 e. The topological polar surface area (TPSA) is 0 Å². The van der Waals surface area contributed by atoms with Gasteiger partial charge < -0.3 is 0 Å². The smallest absolute Gasteiger partial charge is 0.0187 e. The molecular weight excluding hydrogens is 156 g/mol. The summed E-state index contributed by atoms with van der Waals surface area (Å²) in [5.41, 5.74) is 3.87. The molecule has 0 heteroatoms. The molecule has 1 rings (SSSR count). The van der Waals surface area contributed by atoms with Crippen molar-refractivity contribution in [3.8, 4) is 0 Å². The van der Waals surface area contributed by atoms with Gasteiger partial charge in [-0.1, -0.05) is 48.1 Å². The number of benzene rings is 1. The van der Waals surface area contributed by atoms with E-state index in [1.54, 1.807) is 0 Å². The highest BCUT2D eigenvalue weighted by Crippen LogP contribution is 2.16. The molecule has 13 heavy (non-hydrogen) atoms. The number of aryl methyl sites for hydroxylation is 1. The Morgan fingerprint density at radius 3 is 2.15 bits per heavy atom. The van der Waals surface area contributed by atoms with Crippen molar-refractivity contribution in [2.75, 3.05) is 0 Å². The largest absolute Gasteiger partial charge is 0.0871 e. The van der Waals surface area contributed by atoms with Crippen LogP contribution in [0.4, 0.5) is 0 Å². The van der Waals surface area contributed by atoms with Crippen LogP contribution < -0.4 is 0 Å². The van der Waals surface area contributed by atoms with Crippen molar-refractivity contribution in [2.24, 2.45) is 0 Å². The summed E-state index contributed by atoms with van der Waals surface area (Å²) in [6, 6.07) is 8.60. The number of hydrogen-bond donors (Lipinski definition) is 0. The third kappa shape index (κ3) is 2.59. The van der Waals surface area contributed by atoms with Crippen LogP contribution in [0, 0.1) is 6.92 Å². The van der Waals surface area contributed by atoms with Gasteiger partial charge in [-0.25, -0.2) is 0 Å². The lowest BCUT2D eigenvalue weighted by molar-refractivity contribution is 1.45. The molecule has 0 atom stereocenters. The minimum atomic E-state index is 1.28. The van der Waals surface area contributed by atoms with Crippen LogP contribution in [0.15, 0.2) is 42.5 Å². The first-order chi connectivity index (χ1) is 6.27. The Balaban J connectivity index is 3.00. The summed E-state index contributed by atoms with van der Waals surface area (Å²) in [7, 11) is 0. The molecule has 0 heterocycles. The lowest BCUT2D eigenvalue weighted by Crippen LogP contribution is -1.80. The molecule has 0 N–H and O–H groups in total. The molecule has 0 aromatic heterocycles. The molecule has 0 spiro atoms. The van der Waals surface area contributed by atoms with Crippen molar-refractivity contribution in [3.63, 3.8) is 0 Å². The maximum atomic E-state index is 2.16. The molecule has 0 nitrogen and oxygen atoms in total. The van der Waals surface area contributed by atoms with Crippen molar-refractivity contribution < 1.29 is 0 Å². The molecule has 0 amide bonds. The lowest BCUT2D eigenvalue weighted by atomic mass is 10.0. The average molecular weight is 172 g/mol. The van der Waals surface area contributed by atoms with Gasteiger partial charge in [0.25, 0.3) is 0 Å². The van der Waals surface area contributed by atoms with Crippen molar-refractivity contribution >= 4 is 5.57 Å². The van der Waals surface area contributed by atoms with Crippen molar-refractivity contribution in [2.45, 2.75) is 20.8 Å². The standard InChI is InChI=1S/C13H16/c1-4-6-12(5-2)13-9-7-11(3)8-10-13/h4-10H,1-3H3. The van der Waals surface area contributed by atoms with Gasteiger partial charge in [-0.15, -0.1) is 0 Å². The van der Waals surface area contributed by atoms with Crippen LogP contribution in [0.25, 0.3) is 5.57 Å². The summed E-state index contributed by atoms with van der Waals surface area (Å²) in [5, 5.41) is 0. The quantitative estimate of drug-likeness (QED) is 0.592. The van der Waals surface area contributed by atoms with Crippen LogP contribution in [0.1, 0.15) is 25.0 Å². The second-order valence-electron chi connectivity index (χ2n) is 3.11. The summed E-state index contributed by atoms with van der Waals surface area (Å²) >= 11 is 0. The van der Waals surface area contributed by atoms with Crippen molar-refractivity contribution in [1.82, 2.24) is 0 Å². The van der Waals surface area contributed by atoms with Gasteiger partial charge in [0.15, 0.2) is 0 Å². The molecule has 0 saturated heterocycles. The third-order valence-electron chi connectivity index (χ3n) is 2.04. The molecule has 0 aliphatic carbocycles. The van der Waals surface area contributed by atoms with Crippen LogP contribution >= 0.6 is 0 Å². The highest BCUT2D eigenvalue weighted by molar-refractivity contribution is 5.73. The fourth-order valence-electron chi connectivity index (χ4n) is 1.28. The van der Waals surface area contributed by atoms with Gasteiger partial charge >= 0.3 is 0 Å². The fourth-order valence-corrected chi connectivity index (χ4v) is 1.28. The maximum Gasteiger partial charge on any atom is -0.0187 e. The van der Waals surface area contributed by atoms with Gasteiger partial charge in [-0.3, -0.25) is 0 Å². The van der Waals surface area contributed by atoms with E-state index < -0.39 is 0 Å². The zero-order valence-electron chi connectivity index (χ0n) is 8.54. The van der Waals surface area contributed by atoms with Crippen LogP contribution in [0.3, 0.4) is 0 Å². The van der Waals surface area contributed by atoms with E-state index in [1.807, 2.05) is 6.92 Å². The molecule has 1 aromatic carbocycles. The Bertz CT molecular complexity index is 312. The van der Waals surface area contributed by atoms with Gasteiger partial charge in [-0.2, -0.15) is 0 Å². The van der Waals surface area contributed by atoms with Crippen LogP contribution in [0.5, 0.6) is 0 Å². The Hall–Kier alpha value is -1.30.